The summed E-state index contributed by atoms with van der Waals surface area (Å²) in [6.45, 7) is 0.0811. The van der Waals surface area contributed by atoms with Crippen LogP contribution in [-0.4, -0.2) is 43.1 Å². The van der Waals surface area contributed by atoms with E-state index < -0.39 is 5.82 Å². The number of rotatable bonds is 10. The normalized spacial score (nSPS) is 14.5. The van der Waals surface area contributed by atoms with E-state index in [0.29, 0.717) is 23.1 Å². The zero-order valence-electron chi connectivity index (χ0n) is 23.3. The topological polar surface area (TPSA) is 92.5 Å². The number of nitrogens with zero attached hydrogens (tertiary/aromatic N) is 5. The summed E-state index contributed by atoms with van der Waals surface area (Å²) >= 11 is 2.70. The molecule has 6 rings (SSSR count). The van der Waals surface area contributed by atoms with Crippen molar-refractivity contribution in [3.8, 4) is 5.69 Å². The molecule has 1 aliphatic heterocycles. The van der Waals surface area contributed by atoms with Crippen LogP contribution in [0.4, 0.5) is 8.78 Å². The summed E-state index contributed by atoms with van der Waals surface area (Å²) in [6, 6.07) is 24.8. The molecule has 2 amide bonds. The lowest BCUT2D eigenvalue weighted by Crippen LogP contribution is -2.28. The van der Waals surface area contributed by atoms with Crippen molar-refractivity contribution in [3.63, 3.8) is 0 Å². The average molecular weight is 629 g/mol. The van der Waals surface area contributed by atoms with Gasteiger partial charge in [0.05, 0.1) is 35.3 Å². The summed E-state index contributed by atoms with van der Waals surface area (Å²) in [5, 5.41) is 19.9. The lowest BCUT2D eigenvalue weighted by atomic mass is 10.0. The van der Waals surface area contributed by atoms with E-state index in [0.717, 1.165) is 33.5 Å². The predicted octanol–water partition coefficient (Wildman–Crippen LogP) is 5.94. The van der Waals surface area contributed by atoms with Gasteiger partial charge in [-0.2, -0.15) is 5.10 Å². The Bertz CT molecular complexity index is 1780. The second-order valence-electron chi connectivity index (χ2n) is 9.97. The second-order valence-corrected chi connectivity index (χ2v) is 11.9. The summed E-state index contributed by atoms with van der Waals surface area (Å²) in [7, 11) is 0. The van der Waals surface area contributed by atoms with Crippen molar-refractivity contribution in [2.24, 2.45) is 5.10 Å². The van der Waals surface area contributed by atoms with E-state index in [1.807, 2.05) is 47.8 Å². The zero-order valence-corrected chi connectivity index (χ0v) is 24.9. The molecule has 0 bridgehead atoms. The third-order valence-corrected chi connectivity index (χ3v) is 8.82. The second kappa shape index (κ2) is 13.3. The first kappa shape index (κ1) is 29.4. The van der Waals surface area contributed by atoms with Crippen LogP contribution in [0.1, 0.15) is 34.3 Å². The fourth-order valence-electron chi connectivity index (χ4n) is 4.85. The number of hydrogen-bond acceptors (Lipinski definition) is 7. The van der Waals surface area contributed by atoms with Crippen molar-refractivity contribution in [2.75, 3.05) is 5.75 Å². The molecule has 2 aromatic heterocycles. The summed E-state index contributed by atoms with van der Waals surface area (Å²) < 4.78 is 29.1. The molecule has 3 aromatic carbocycles. The highest BCUT2D eigenvalue weighted by Gasteiger charge is 2.33. The van der Waals surface area contributed by atoms with E-state index in [2.05, 4.69) is 20.6 Å². The molecule has 222 valence electrons. The number of amides is 2. The number of carbonyl (C=O) groups excluding carboxylic acids is 2. The number of aromatic nitrogens is 3. The van der Waals surface area contributed by atoms with Gasteiger partial charge in [-0.05, 0) is 59.0 Å². The maximum absolute atomic E-state index is 13.8. The Kier molecular flexibility index (Phi) is 8.89. The maximum atomic E-state index is 13.8. The largest absolute Gasteiger partial charge is 0.348 e. The van der Waals surface area contributed by atoms with E-state index in [1.54, 1.807) is 40.2 Å². The minimum Gasteiger partial charge on any atom is -0.348 e. The number of halogens is 2. The van der Waals surface area contributed by atoms with Crippen molar-refractivity contribution in [2.45, 2.75) is 30.6 Å². The maximum Gasteiger partial charge on any atom is 0.253 e. The van der Waals surface area contributed by atoms with E-state index in [1.165, 1.54) is 29.3 Å². The molecule has 12 heteroatoms. The summed E-state index contributed by atoms with van der Waals surface area (Å²) in [5.74, 6) is -0.789. The van der Waals surface area contributed by atoms with Gasteiger partial charge in [-0.15, -0.1) is 21.5 Å². The molecule has 0 fully saturated rings. The Labute approximate surface area is 260 Å². The number of nitrogens with one attached hydrogen (secondary N) is 1. The third-order valence-electron chi connectivity index (χ3n) is 6.99. The van der Waals surface area contributed by atoms with Crippen LogP contribution in [0, 0.1) is 11.6 Å². The molecule has 0 spiro atoms. The molecule has 5 aromatic rings. The SMILES string of the molecule is O=C(Cc1ccccc1)NCc1nnc(SCC(=O)N2N=C(c3cccs3)CC2c2ccc(F)cc2)n1-c1ccc(F)cc1. The molecule has 1 atom stereocenters. The first-order chi connectivity index (χ1) is 21.4. The van der Waals surface area contributed by atoms with Crippen LogP contribution in [0.25, 0.3) is 5.69 Å². The highest BCUT2D eigenvalue weighted by Crippen LogP contribution is 2.35. The van der Waals surface area contributed by atoms with Crippen molar-refractivity contribution in [1.29, 1.82) is 0 Å². The number of carbonyl (C=O) groups is 2. The monoisotopic (exact) mass is 628 g/mol. The van der Waals surface area contributed by atoms with E-state index in [-0.39, 0.29) is 42.4 Å². The smallest absolute Gasteiger partial charge is 0.253 e. The highest BCUT2D eigenvalue weighted by atomic mass is 32.2. The Morgan fingerprint density at radius 3 is 2.34 bits per heavy atom. The van der Waals surface area contributed by atoms with Crippen molar-refractivity contribution >= 4 is 40.6 Å². The lowest BCUT2D eigenvalue weighted by molar-refractivity contribution is -0.130. The minimum atomic E-state index is -0.399. The molecule has 1 aliphatic rings. The van der Waals surface area contributed by atoms with Gasteiger partial charge in [0.2, 0.25) is 5.91 Å². The Morgan fingerprint density at radius 2 is 1.64 bits per heavy atom. The quantitative estimate of drug-likeness (QED) is 0.194. The molecule has 44 heavy (non-hydrogen) atoms. The molecule has 1 N–H and O–H groups in total. The summed E-state index contributed by atoms with van der Waals surface area (Å²) in [4.78, 5) is 27.2. The fourth-order valence-corrected chi connectivity index (χ4v) is 6.39. The van der Waals surface area contributed by atoms with Gasteiger partial charge in [-0.25, -0.2) is 13.8 Å². The van der Waals surface area contributed by atoms with Crippen LogP contribution >= 0.6 is 23.1 Å². The van der Waals surface area contributed by atoms with Gasteiger partial charge in [0, 0.05) is 12.1 Å². The van der Waals surface area contributed by atoms with Gasteiger partial charge >= 0.3 is 0 Å². The van der Waals surface area contributed by atoms with Crippen LogP contribution in [0.2, 0.25) is 0 Å². The standard InChI is InChI=1S/C32H26F2N6O2S2/c33-23-10-8-22(9-11-23)27-18-26(28-7-4-16-43-28)38-40(27)31(42)20-44-32-37-36-29(39(32)25-14-12-24(34)13-15-25)19-35-30(41)17-21-5-2-1-3-6-21/h1-16,27H,17-20H2,(H,35,41). The van der Waals surface area contributed by atoms with Crippen LogP contribution in [-0.2, 0) is 22.6 Å². The first-order valence-corrected chi connectivity index (χ1v) is 15.6. The number of thiophene rings is 1. The van der Waals surface area contributed by atoms with E-state index >= 15 is 0 Å². The predicted molar refractivity (Wildman–Crippen MR) is 165 cm³/mol. The lowest BCUT2D eigenvalue weighted by Gasteiger charge is -2.22. The van der Waals surface area contributed by atoms with Crippen molar-refractivity contribution in [3.05, 3.63) is 130 Å². The molecular formula is C32H26F2N6O2S2. The van der Waals surface area contributed by atoms with Gasteiger partial charge in [0.15, 0.2) is 11.0 Å². The molecule has 8 nitrogen and oxygen atoms in total. The summed E-state index contributed by atoms with van der Waals surface area (Å²) in [5.41, 5.74) is 3.03. The Morgan fingerprint density at radius 1 is 0.909 bits per heavy atom. The third kappa shape index (κ3) is 6.76. The van der Waals surface area contributed by atoms with Gasteiger partial charge in [-0.3, -0.25) is 14.2 Å². The van der Waals surface area contributed by atoms with Crippen LogP contribution in [0.15, 0.2) is 107 Å². The molecule has 1 unspecified atom stereocenters. The molecule has 0 aliphatic carbocycles. The minimum absolute atomic E-state index is 0.0153. The molecule has 3 heterocycles. The van der Waals surface area contributed by atoms with Crippen molar-refractivity contribution in [1.82, 2.24) is 25.1 Å². The van der Waals surface area contributed by atoms with Gasteiger partial charge in [0.1, 0.15) is 11.6 Å². The van der Waals surface area contributed by atoms with E-state index in [9.17, 15) is 18.4 Å². The number of thioether (sulfide) groups is 1. The van der Waals surface area contributed by atoms with Crippen LogP contribution in [0.5, 0.6) is 0 Å². The first-order valence-electron chi connectivity index (χ1n) is 13.8. The molecule has 0 radical (unpaired) electrons. The van der Waals surface area contributed by atoms with Crippen LogP contribution < -0.4 is 5.32 Å². The Balaban J connectivity index is 1.21. The summed E-state index contributed by atoms with van der Waals surface area (Å²) in [6.07, 6.45) is 0.710. The van der Waals surface area contributed by atoms with Crippen LogP contribution in [0.3, 0.4) is 0 Å². The highest BCUT2D eigenvalue weighted by molar-refractivity contribution is 7.99. The zero-order chi connectivity index (χ0) is 30.5. The molecular weight excluding hydrogens is 603 g/mol. The van der Waals surface area contributed by atoms with Gasteiger partial charge < -0.3 is 5.32 Å². The van der Waals surface area contributed by atoms with Gasteiger partial charge in [0.25, 0.3) is 5.91 Å². The number of hydrazone groups is 1. The number of benzene rings is 3. The molecule has 0 saturated carbocycles. The Hall–Kier alpha value is -4.68. The van der Waals surface area contributed by atoms with E-state index in [4.69, 9.17) is 0 Å². The number of hydrogen-bond donors (Lipinski definition) is 1. The molecule has 0 saturated heterocycles. The van der Waals surface area contributed by atoms with Gasteiger partial charge in [-0.1, -0.05) is 60.3 Å². The van der Waals surface area contributed by atoms with Crippen molar-refractivity contribution < 1.29 is 18.4 Å². The average Bonchev–Trinajstić information content (AvgIpc) is 3.81. The fraction of sp³-hybridized carbons (Fsp3) is 0.156.